The van der Waals surface area contributed by atoms with Crippen LogP contribution in [0, 0.1) is 5.95 Å². The molecule has 2 aromatic heterocycles. The highest BCUT2D eigenvalue weighted by molar-refractivity contribution is 7.99. The number of thioether (sulfide) groups is 1. The number of rotatable bonds is 5. The molecule has 22 heavy (non-hydrogen) atoms. The average molecular weight is 330 g/mol. The van der Waals surface area contributed by atoms with Gasteiger partial charge in [-0.25, -0.2) is 15.0 Å². The maximum absolute atomic E-state index is 13.5. The zero-order chi connectivity index (χ0) is 15.7. The second-order valence-corrected chi connectivity index (χ2v) is 5.98. The molecule has 0 saturated carbocycles. The third-order valence-electron chi connectivity index (χ3n) is 3.44. The lowest BCUT2D eigenvalue weighted by Gasteiger charge is -2.16. The van der Waals surface area contributed by atoms with Crippen LogP contribution in [-0.4, -0.2) is 71.3 Å². The molecule has 0 spiro atoms. The molecule has 1 fully saturated rings. The molecule has 4 atom stereocenters. The summed E-state index contributed by atoms with van der Waals surface area (Å²) in [6, 6.07) is 0. The third kappa shape index (κ3) is 2.68. The first-order valence-electron chi connectivity index (χ1n) is 6.66. The maximum atomic E-state index is 13.5. The SMILES string of the molecule is OCCSC[C@H]1O[C@@H](n2cnc3c(F)ncnc32)[C@H](O)[C@@H]1O. The van der Waals surface area contributed by atoms with Crippen molar-refractivity contribution in [1.29, 1.82) is 0 Å². The van der Waals surface area contributed by atoms with Crippen molar-refractivity contribution < 1.29 is 24.4 Å². The number of hydrogen-bond acceptors (Lipinski definition) is 8. The molecule has 3 rings (SSSR count). The smallest absolute Gasteiger partial charge is 0.244 e. The number of ether oxygens (including phenoxy) is 1. The van der Waals surface area contributed by atoms with Gasteiger partial charge in [0.2, 0.25) is 5.95 Å². The first-order valence-corrected chi connectivity index (χ1v) is 7.82. The van der Waals surface area contributed by atoms with E-state index in [1.807, 2.05) is 0 Å². The summed E-state index contributed by atoms with van der Waals surface area (Å²) in [4.78, 5) is 11.2. The lowest BCUT2D eigenvalue weighted by atomic mass is 10.1. The van der Waals surface area contributed by atoms with E-state index < -0.39 is 30.5 Å². The fourth-order valence-corrected chi connectivity index (χ4v) is 3.17. The topological polar surface area (TPSA) is 114 Å². The third-order valence-corrected chi connectivity index (χ3v) is 4.48. The van der Waals surface area contributed by atoms with Crippen LogP contribution < -0.4 is 0 Å². The van der Waals surface area contributed by atoms with Gasteiger partial charge >= 0.3 is 0 Å². The van der Waals surface area contributed by atoms with Gasteiger partial charge in [-0.2, -0.15) is 16.2 Å². The van der Waals surface area contributed by atoms with E-state index in [2.05, 4.69) is 15.0 Å². The molecule has 1 aliphatic heterocycles. The van der Waals surface area contributed by atoms with Crippen molar-refractivity contribution in [3.8, 4) is 0 Å². The number of nitrogens with zero attached hydrogens (tertiary/aromatic N) is 4. The van der Waals surface area contributed by atoms with Crippen LogP contribution in [0.15, 0.2) is 12.7 Å². The monoisotopic (exact) mass is 330 g/mol. The Morgan fingerprint density at radius 3 is 2.86 bits per heavy atom. The fourth-order valence-electron chi connectivity index (χ4n) is 2.37. The highest BCUT2D eigenvalue weighted by Gasteiger charge is 2.44. The second-order valence-electron chi connectivity index (χ2n) is 4.83. The van der Waals surface area contributed by atoms with Crippen molar-refractivity contribution in [2.75, 3.05) is 18.1 Å². The lowest BCUT2D eigenvalue weighted by Crippen LogP contribution is -2.32. The summed E-state index contributed by atoms with van der Waals surface area (Å²) in [7, 11) is 0. The van der Waals surface area contributed by atoms with Gasteiger partial charge in [-0.15, -0.1) is 0 Å². The second kappa shape index (κ2) is 6.42. The number of halogens is 1. The van der Waals surface area contributed by atoms with Gasteiger partial charge in [0, 0.05) is 11.5 Å². The van der Waals surface area contributed by atoms with Gasteiger partial charge in [-0.1, -0.05) is 0 Å². The number of hydrogen-bond donors (Lipinski definition) is 3. The zero-order valence-electron chi connectivity index (χ0n) is 11.4. The normalized spacial score (nSPS) is 28.5. The molecule has 10 heteroatoms. The van der Waals surface area contributed by atoms with Gasteiger partial charge in [0.15, 0.2) is 17.4 Å². The van der Waals surface area contributed by atoms with Crippen molar-refractivity contribution in [3.05, 3.63) is 18.6 Å². The van der Waals surface area contributed by atoms with E-state index >= 15 is 0 Å². The van der Waals surface area contributed by atoms with Crippen molar-refractivity contribution in [2.45, 2.75) is 24.5 Å². The molecule has 2 aromatic rings. The first kappa shape index (κ1) is 15.6. The Labute approximate surface area is 129 Å². The summed E-state index contributed by atoms with van der Waals surface area (Å²) in [6.45, 7) is 0.0296. The molecule has 0 amide bonds. The van der Waals surface area contributed by atoms with Crippen LogP contribution in [0.1, 0.15) is 6.23 Å². The van der Waals surface area contributed by atoms with E-state index in [0.717, 1.165) is 6.33 Å². The minimum Gasteiger partial charge on any atom is -0.396 e. The minimum atomic E-state index is -1.19. The largest absolute Gasteiger partial charge is 0.396 e. The van der Waals surface area contributed by atoms with Crippen LogP contribution in [0.5, 0.6) is 0 Å². The van der Waals surface area contributed by atoms with Crippen LogP contribution in [0.25, 0.3) is 11.2 Å². The van der Waals surface area contributed by atoms with Gasteiger partial charge in [0.05, 0.1) is 19.0 Å². The molecule has 0 unspecified atom stereocenters. The van der Waals surface area contributed by atoms with Crippen molar-refractivity contribution in [3.63, 3.8) is 0 Å². The van der Waals surface area contributed by atoms with Crippen molar-refractivity contribution >= 4 is 22.9 Å². The Morgan fingerprint density at radius 1 is 1.27 bits per heavy atom. The number of fused-ring (bicyclic) bond motifs is 1. The van der Waals surface area contributed by atoms with Gasteiger partial charge < -0.3 is 20.1 Å². The molecule has 120 valence electrons. The Kier molecular flexibility index (Phi) is 4.54. The van der Waals surface area contributed by atoms with Gasteiger partial charge in [-0.3, -0.25) is 4.57 Å². The molecular formula is C12H15FN4O4S. The molecule has 0 bridgehead atoms. The van der Waals surface area contributed by atoms with Crippen LogP contribution in [0.2, 0.25) is 0 Å². The quantitative estimate of drug-likeness (QED) is 0.488. The minimum absolute atomic E-state index is 0.0223. The van der Waals surface area contributed by atoms with E-state index in [0.29, 0.717) is 11.5 Å². The summed E-state index contributed by atoms with van der Waals surface area (Å²) in [5.41, 5.74) is 0.165. The molecule has 3 heterocycles. The number of aliphatic hydroxyl groups excluding tert-OH is 3. The molecule has 8 nitrogen and oxygen atoms in total. The Bertz CT molecular complexity index is 657. The number of aromatic nitrogens is 4. The van der Waals surface area contributed by atoms with E-state index in [4.69, 9.17) is 9.84 Å². The summed E-state index contributed by atoms with van der Waals surface area (Å²) in [5, 5.41) is 29.0. The predicted octanol–water partition coefficient (Wildman–Crippen LogP) is -0.690. The average Bonchev–Trinajstić information content (AvgIpc) is 3.05. The lowest BCUT2D eigenvalue weighted by molar-refractivity contribution is -0.0289. The molecular weight excluding hydrogens is 315 g/mol. The predicted molar refractivity (Wildman–Crippen MR) is 75.6 cm³/mol. The summed E-state index contributed by atoms with van der Waals surface area (Å²) in [6.07, 6.45) is -1.42. The van der Waals surface area contributed by atoms with Gasteiger partial charge in [0.1, 0.15) is 18.5 Å². The van der Waals surface area contributed by atoms with Crippen molar-refractivity contribution in [1.82, 2.24) is 19.5 Å². The fraction of sp³-hybridized carbons (Fsp3) is 0.583. The Morgan fingerprint density at radius 2 is 2.09 bits per heavy atom. The highest BCUT2D eigenvalue weighted by atomic mass is 32.2. The maximum Gasteiger partial charge on any atom is 0.244 e. The number of aliphatic hydroxyl groups is 3. The molecule has 0 radical (unpaired) electrons. The van der Waals surface area contributed by atoms with Crippen LogP contribution >= 0.6 is 11.8 Å². The van der Waals surface area contributed by atoms with Gasteiger partial charge in [-0.05, 0) is 0 Å². The molecule has 0 aliphatic carbocycles. The number of imidazole rings is 1. The van der Waals surface area contributed by atoms with Crippen LogP contribution in [0.3, 0.4) is 0 Å². The summed E-state index contributed by atoms with van der Waals surface area (Å²) in [5.74, 6) is 0.178. The van der Waals surface area contributed by atoms with Crippen LogP contribution in [-0.2, 0) is 4.74 Å². The van der Waals surface area contributed by atoms with E-state index in [1.54, 1.807) is 0 Å². The standard InChI is InChI=1S/C12H15FN4O4S/c13-10-7-11(15-4-14-10)17(5-16-7)12-9(20)8(19)6(21-12)3-22-2-1-18/h4-6,8-9,12,18-20H,1-3H2/t6-,8-,9-,12-/m1/s1. The molecule has 1 aliphatic rings. The molecule has 1 saturated heterocycles. The van der Waals surface area contributed by atoms with E-state index in [-0.39, 0.29) is 17.8 Å². The Hall–Kier alpha value is -1.33. The van der Waals surface area contributed by atoms with E-state index in [9.17, 15) is 14.6 Å². The van der Waals surface area contributed by atoms with E-state index in [1.165, 1.54) is 22.7 Å². The first-order chi connectivity index (χ1) is 10.6. The molecule has 3 N–H and O–H groups in total. The van der Waals surface area contributed by atoms with Gasteiger partial charge in [0.25, 0.3) is 0 Å². The summed E-state index contributed by atoms with van der Waals surface area (Å²) >= 11 is 1.41. The summed E-state index contributed by atoms with van der Waals surface area (Å²) < 4.78 is 20.6. The van der Waals surface area contributed by atoms with Crippen molar-refractivity contribution in [2.24, 2.45) is 0 Å². The Balaban J connectivity index is 1.83. The highest BCUT2D eigenvalue weighted by Crippen LogP contribution is 2.32. The van der Waals surface area contributed by atoms with Crippen LogP contribution in [0.4, 0.5) is 4.39 Å². The zero-order valence-corrected chi connectivity index (χ0v) is 12.2. The molecule has 0 aromatic carbocycles.